The molecule has 36 heavy (non-hydrogen) atoms. The molecule has 0 spiro atoms. The van der Waals surface area contributed by atoms with E-state index in [0.29, 0.717) is 5.11 Å². The maximum Gasteiger partial charge on any atom is 0.174 e. The van der Waals surface area contributed by atoms with Crippen molar-refractivity contribution < 1.29 is 4.74 Å². The Kier molecular flexibility index (Phi) is 5.89. The van der Waals surface area contributed by atoms with E-state index in [4.69, 9.17) is 17.0 Å². The van der Waals surface area contributed by atoms with Crippen LogP contribution in [0.2, 0.25) is 0 Å². The Morgan fingerprint density at radius 3 is 2.31 bits per heavy atom. The lowest BCUT2D eigenvalue weighted by Crippen LogP contribution is -2.30. The van der Waals surface area contributed by atoms with Crippen LogP contribution >= 0.6 is 12.2 Å². The van der Waals surface area contributed by atoms with Gasteiger partial charge < -0.3 is 19.5 Å². The first-order valence-electron chi connectivity index (χ1n) is 11.7. The number of anilines is 1. The highest BCUT2D eigenvalue weighted by molar-refractivity contribution is 7.80. The van der Waals surface area contributed by atoms with E-state index < -0.39 is 0 Å². The summed E-state index contributed by atoms with van der Waals surface area (Å²) in [5.41, 5.74) is 3.96. The molecule has 0 amide bonds. The fourth-order valence-electron chi connectivity index (χ4n) is 4.60. The van der Waals surface area contributed by atoms with Gasteiger partial charge >= 0.3 is 0 Å². The van der Waals surface area contributed by atoms with E-state index in [2.05, 4.69) is 37.0 Å². The summed E-state index contributed by atoms with van der Waals surface area (Å²) in [5.74, 6) is 1.56. The maximum absolute atomic E-state index is 6.00. The van der Waals surface area contributed by atoms with E-state index in [1.54, 1.807) is 6.20 Å². The fraction of sp³-hybridized carbons (Fsp3) is 0.0690. The second kappa shape index (κ2) is 9.64. The molecule has 1 fully saturated rings. The summed E-state index contributed by atoms with van der Waals surface area (Å²) in [6.07, 6.45) is 7.51. The van der Waals surface area contributed by atoms with Crippen molar-refractivity contribution in [2.24, 2.45) is 0 Å². The zero-order valence-electron chi connectivity index (χ0n) is 19.3. The van der Waals surface area contributed by atoms with Crippen LogP contribution in [0.5, 0.6) is 11.5 Å². The molecule has 5 aromatic rings. The summed E-state index contributed by atoms with van der Waals surface area (Å²) in [6, 6.07) is 31.6. The summed E-state index contributed by atoms with van der Waals surface area (Å²) < 4.78 is 8.16. The number of benzene rings is 2. The van der Waals surface area contributed by atoms with Crippen molar-refractivity contribution in [3.63, 3.8) is 0 Å². The normalized spacial score (nSPS) is 17.1. The van der Waals surface area contributed by atoms with Gasteiger partial charge in [-0.2, -0.15) is 0 Å². The zero-order chi connectivity index (χ0) is 24.3. The van der Waals surface area contributed by atoms with Gasteiger partial charge in [-0.1, -0.05) is 24.3 Å². The number of hydrogen-bond donors (Lipinski definition) is 1. The minimum absolute atomic E-state index is 0.135. The lowest BCUT2D eigenvalue weighted by molar-refractivity contribution is 0.482. The fourth-order valence-corrected chi connectivity index (χ4v) is 4.95. The van der Waals surface area contributed by atoms with Gasteiger partial charge in [0.15, 0.2) is 5.11 Å². The molecule has 176 valence electrons. The quantitative estimate of drug-likeness (QED) is 0.285. The molecular formula is C29H23N5OS. The molecule has 0 bridgehead atoms. The van der Waals surface area contributed by atoms with Gasteiger partial charge in [0.25, 0.3) is 0 Å². The van der Waals surface area contributed by atoms with Gasteiger partial charge in [0.1, 0.15) is 17.5 Å². The van der Waals surface area contributed by atoms with Gasteiger partial charge in [-0.15, -0.1) is 0 Å². The third-order valence-corrected chi connectivity index (χ3v) is 6.51. The molecule has 6 nitrogen and oxygen atoms in total. The van der Waals surface area contributed by atoms with Crippen molar-refractivity contribution in [1.82, 2.24) is 19.9 Å². The highest BCUT2D eigenvalue weighted by Gasteiger charge is 2.42. The van der Waals surface area contributed by atoms with Crippen molar-refractivity contribution >= 4 is 23.0 Å². The molecule has 1 aliphatic heterocycles. The number of thiocarbonyl (C=S) groups is 1. The second-order valence-electron chi connectivity index (χ2n) is 8.42. The highest BCUT2D eigenvalue weighted by Crippen LogP contribution is 2.42. The van der Waals surface area contributed by atoms with Gasteiger partial charge in [0.05, 0.1) is 23.6 Å². The number of ether oxygens (including phenoxy) is 1. The number of pyridine rings is 2. The molecular weight excluding hydrogens is 466 g/mol. The van der Waals surface area contributed by atoms with Crippen LogP contribution in [-0.4, -0.2) is 19.6 Å². The molecule has 1 saturated heterocycles. The van der Waals surface area contributed by atoms with Crippen LogP contribution in [0, 0.1) is 0 Å². The zero-order valence-corrected chi connectivity index (χ0v) is 20.1. The number of para-hydroxylation sites is 1. The Bertz CT molecular complexity index is 1460. The van der Waals surface area contributed by atoms with Crippen LogP contribution in [0.1, 0.15) is 23.5 Å². The van der Waals surface area contributed by atoms with Gasteiger partial charge in [-0.25, -0.2) is 0 Å². The highest BCUT2D eigenvalue weighted by atomic mass is 32.1. The molecule has 0 unspecified atom stereocenters. The number of rotatable bonds is 6. The smallest absolute Gasteiger partial charge is 0.174 e. The Hall–Kier alpha value is -4.49. The number of nitrogens with one attached hydrogen (secondary N) is 1. The molecule has 2 atom stereocenters. The standard InChI is InChI=1S/C29H23N5OS/c36-29-32-27(25-11-4-5-18-31-25)28(26-12-7-19-33(26)22-8-6-17-30-20-22)34(29)21-13-15-24(16-14-21)35-23-9-2-1-3-10-23/h1-20,27-28H,(H,32,36)/t27-,28+/m1/s1. The molecule has 1 aliphatic rings. The topological polar surface area (TPSA) is 55.2 Å². The van der Waals surface area contributed by atoms with E-state index in [1.165, 1.54) is 0 Å². The average Bonchev–Trinajstić information content (AvgIpc) is 3.55. The first-order valence-corrected chi connectivity index (χ1v) is 12.1. The van der Waals surface area contributed by atoms with Crippen molar-refractivity contribution in [2.45, 2.75) is 12.1 Å². The first-order chi connectivity index (χ1) is 17.8. The van der Waals surface area contributed by atoms with E-state index in [1.807, 2.05) is 103 Å². The van der Waals surface area contributed by atoms with E-state index in [0.717, 1.165) is 34.3 Å². The molecule has 7 heteroatoms. The molecule has 0 aliphatic carbocycles. The van der Waals surface area contributed by atoms with Crippen molar-refractivity contribution in [3.8, 4) is 17.2 Å². The molecule has 6 rings (SSSR count). The molecule has 2 aromatic carbocycles. The summed E-state index contributed by atoms with van der Waals surface area (Å²) in [7, 11) is 0. The van der Waals surface area contributed by atoms with Gasteiger partial charge in [0.2, 0.25) is 0 Å². The van der Waals surface area contributed by atoms with Crippen LogP contribution in [0.25, 0.3) is 5.69 Å². The largest absolute Gasteiger partial charge is 0.457 e. The van der Waals surface area contributed by atoms with Gasteiger partial charge in [-0.3, -0.25) is 9.97 Å². The third-order valence-electron chi connectivity index (χ3n) is 6.20. The Morgan fingerprint density at radius 1 is 0.750 bits per heavy atom. The van der Waals surface area contributed by atoms with Crippen LogP contribution in [0.3, 0.4) is 0 Å². The minimum Gasteiger partial charge on any atom is -0.457 e. The van der Waals surface area contributed by atoms with Crippen LogP contribution in [0.15, 0.2) is 122 Å². The predicted molar refractivity (Wildman–Crippen MR) is 144 cm³/mol. The average molecular weight is 490 g/mol. The Balaban J connectivity index is 1.40. The first kappa shape index (κ1) is 22.0. The van der Waals surface area contributed by atoms with Crippen LogP contribution < -0.4 is 15.0 Å². The third kappa shape index (κ3) is 4.21. The van der Waals surface area contributed by atoms with E-state index >= 15 is 0 Å². The summed E-state index contributed by atoms with van der Waals surface area (Å²) in [6.45, 7) is 0. The molecule has 0 saturated carbocycles. The molecule has 4 heterocycles. The predicted octanol–water partition coefficient (Wildman–Crippen LogP) is 6.24. The lowest BCUT2D eigenvalue weighted by atomic mass is 10.0. The summed E-state index contributed by atoms with van der Waals surface area (Å²) in [4.78, 5) is 11.1. The SMILES string of the molecule is S=C1N[C@H](c2ccccn2)[C@H](c2cccn2-c2cccnc2)N1c1ccc(Oc2ccccc2)cc1. The lowest BCUT2D eigenvalue weighted by Gasteiger charge is -2.29. The Morgan fingerprint density at radius 2 is 1.56 bits per heavy atom. The summed E-state index contributed by atoms with van der Waals surface area (Å²) >= 11 is 5.88. The number of aromatic nitrogens is 3. The summed E-state index contributed by atoms with van der Waals surface area (Å²) in [5, 5.41) is 4.17. The maximum atomic E-state index is 6.00. The molecule has 0 radical (unpaired) electrons. The van der Waals surface area contributed by atoms with E-state index in [-0.39, 0.29) is 12.1 Å². The molecule has 3 aromatic heterocycles. The minimum atomic E-state index is -0.136. The number of hydrogen-bond acceptors (Lipinski definition) is 4. The van der Waals surface area contributed by atoms with Gasteiger partial charge in [-0.05, 0) is 85.0 Å². The van der Waals surface area contributed by atoms with Gasteiger partial charge in [0, 0.05) is 30.0 Å². The van der Waals surface area contributed by atoms with E-state index in [9.17, 15) is 0 Å². The van der Waals surface area contributed by atoms with Crippen molar-refractivity contribution in [3.05, 3.63) is 133 Å². The monoisotopic (exact) mass is 489 g/mol. The van der Waals surface area contributed by atoms with Crippen molar-refractivity contribution in [2.75, 3.05) is 4.90 Å². The van der Waals surface area contributed by atoms with Crippen LogP contribution in [0.4, 0.5) is 5.69 Å². The Labute approximate surface area is 214 Å². The number of nitrogens with zero attached hydrogens (tertiary/aromatic N) is 4. The second-order valence-corrected chi connectivity index (χ2v) is 8.81. The van der Waals surface area contributed by atoms with Crippen LogP contribution in [-0.2, 0) is 0 Å². The van der Waals surface area contributed by atoms with Crippen molar-refractivity contribution in [1.29, 1.82) is 0 Å². The molecule has 1 N–H and O–H groups in total.